The Labute approximate surface area is 125 Å². The molecule has 2 aromatic carbocycles. The Bertz CT molecular complexity index is 842. The van der Waals surface area contributed by atoms with E-state index in [9.17, 15) is 9.90 Å². The Kier molecular flexibility index (Phi) is 3.23. The third-order valence-corrected chi connectivity index (χ3v) is 3.98. The number of nitrogens with two attached hydrogens (primary N) is 1. The van der Waals surface area contributed by atoms with E-state index in [4.69, 9.17) is 5.73 Å². The molecule has 0 saturated heterocycles. The molecule has 6 heteroatoms. The molecule has 106 valence electrons. The molecule has 4 N–H and O–H groups in total. The molecule has 0 aliphatic rings. The summed E-state index contributed by atoms with van der Waals surface area (Å²) < 4.78 is 1.01. The second-order valence-electron chi connectivity index (χ2n) is 4.72. The maximum Gasteiger partial charge on any atom is 0.259 e. The van der Waals surface area contributed by atoms with Gasteiger partial charge in [-0.3, -0.25) is 10.1 Å². The first-order chi connectivity index (χ1) is 10.0. The molecule has 1 aromatic heterocycles. The lowest BCUT2D eigenvalue weighted by Crippen LogP contribution is -2.13. The maximum absolute atomic E-state index is 12.2. The number of thiazole rings is 1. The molecule has 0 bridgehead atoms. The third kappa shape index (κ3) is 2.66. The van der Waals surface area contributed by atoms with Gasteiger partial charge in [0.15, 0.2) is 5.13 Å². The number of rotatable bonds is 2. The molecule has 3 aromatic rings. The first-order valence-electron chi connectivity index (χ1n) is 6.30. The molecule has 0 radical (unpaired) electrons. The van der Waals surface area contributed by atoms with Gasteiger partial charge in [0.2, 0.25) is 0 Å². The van der Waals surface area contributed by atoms with Gasteiger partial charge in [-0.1, -0.05) is 17.4 Å². The SMILES string of the molecule is Cc1ccc2nc(NC(=O)c3cc(O)ccc3N)sc2c1. The number of carbonyl (C=O) groups is 1. The summed E-state index contributed by atoms with van der Waals surface area (Å²) in [6.07, 6.45) is 0. The van der Waals surface area contributed by atoms with Crippen LogP contribution in [0.4, 0.5) is 10.8 Å². The van der Waals surface area contributed by atoms with Crippen molar-refractivity contribution in [2.75, 3.05) is 11.1 Å². The summed E-state index contributed by atoms with van der Waals surface area (Å²) in [5.41, 5.74) is 8.26. The van der Waals surface area contributed by atoms with Gasteiger partial charge in [0.1, 0.15) is 5.75 Å². The average Bonchev–Trinajstić information content (AvgIpc) is 2.82. The standard InChI is InChI=1S/C15H13N3O2S/c1-8-2-5-12-13(6-8)21-15(17-12)18-14(20)10-7-9(19)3-4-11(10)16/h2-7,19H,16H2,1H3,(H,17,18,20). The lowest BCUT2D eigenvalue weighted by molar-refractivity contribution is 0.102. The van der Waals surface area contributed by atoms with Crippen LogP contribution in [0.15, 0.2) is 36.4 Å². The van der Waals surface area contributed by atoms with Crippen molar-refractivity contribution in [3.05, 3.63) is 47.5 Å². The molecule has 0 unspecified atom stereocenters. The quantitative estimate of drug-likeness (QED) is 0.501. The van der Waals surface area contributed by atoms with Crippen molar-refractivity contribution < 1.29 is 9.90 Å². The number of phenols is 1. The van der Waals surface area contributed by atoms with Crippen LogP contribution in [0, 0.1) is 6.92 Å². The molecule has 3 rings (SSSR count). The zero-order chi connectivity index (χ0) is 15.0. The topological polar surface area (TPSA) is 88.2 Å². The zero-order valence-electron chi connectivity index (χ0n) is 11.3. The normalized spacial score (nSPS) is 10.7. The number of aromatic nitrogens is 1. The first-order valence-corrected chi connectivity index (χ1v) is 7.11. The Morgan fingerprint density at radius 1 is 1.29 bits per heavy atom. The largest absolute Gasteiger partial charge is 0.508 e. The van der Waals surface area contributed by atoms with Crippen LogP contribution in [0.1, 0.15) is 15.9 Å². The van der Waals surface area contributed by atoms with Crippen LogP contribution < -0.4 is 11.1 Å². The molecule has 0 spiro atoms. The fraction of sp³-hybridized carbons (Fsp3) is 0.0667. The number of hydrogen-bond acceptors (Lipinski definition) is 5. The number of aryl methyl sites for hydroxylation is 1. The van der Waals surface area contributed by atoms with Crippen LogP contribution in [-0.4, -0.2) is 16.0 Å². The molecule has 0 atom stereocenters. The van der Waals surface area contributed by atoms with Gasteiger partial charge in [-0.15, -0.1) is 0 Å². The van der Waals surface area contributed by atoms with E-state index in [0.717, 1.165) is 15.8 Å². The fourth-order valence-corrected chi connectivity index (χ4v) is 2.95. The number of nitrogen functional groups attached to an aromatic ring is 1. The third-order valence-electron chi connectivity index (χ3n) is 3.05. The highest BCUT2D eigenvalue weighted by Gasteiger charge is 2.13. The van der Waals surface area contributed by atoms with Gasteiger partial charge in [-0.2, -0.15) is 0 Å². The number of fused-ring (bicyclic) bond motifs is 1. The number of phenolic OH excluding ortho intramolecular Hbond substituents is 1. The van der Waals surface area contributed by atoms with E-state index in [1.54, 1.807) is 0 Å². The number of amides is 1. The van der Waals surface area contributed by atoms with Crippen LogP contribution in [0.2, 0.25) is 0 Å². The molecule has 21 heavy (non-hydrogen) atoms. The van der Waals surface area contributed by atoms with Crippen molar-refractivity contribution >= 4 is 38.3 Å². The minimum absolute atomic E-state index is 0.00530. The maximum atomic E-state index is 12.2. The van der Waals surface area contributed by atoms with E-state index in [1.807, 2.05) is 25.1 Å². The summed E-state index contributed by atoms with van der Waals surface area (Å²) >= 11 is 1.40. The Morgan fingerprint density at radius 2 is 2.10 bits per heavy atom. The summed E-state index contributed by atoms with van der Waals surface area (Å²) in [7, 11) is 0. The van der Waals surface area contributed by atoms with Crippen LogP contribution in [0.3, 0.4) is 0 Å². The number of carbonyl (C=O) groups excluding carboxylic acids is 1. The van der Waals surface area contributed by atoms with Crippen molar-refractivity contribution in [2.24, 2.45) is 0 Å². The van der Waals surface area contributed by atoms with Gasteiger partial charge >= 0.3 is 0 Å². The van der Waals surface area contributed by atoms with Crippen molar-refractivity contribution in [3.8, 4) is 5.75 Å². The van der Waals surface area contributed by atoms with E-state index in [0.29, 0.717) is 10.8 Å². The minimum atomic E-state index is -0.390. The van der Waals surface area contributed by atoms with Crippen LogP contribution >= 0.6 is 11.3 Å². The minimum Gasteiger partial charge on any atom is -0.508 e. The Morgan fingerprint density at radius 3 is 2.90 bits per heavy atom. The highest BCUT2D eigenvalue weighted by atomic mass is 32.1. The summed E-state index contributed by atoms with van der Waals surface area (Å²) in [6.45, 7) is 2.00. The van der Waals surface area contributed by atoms with E-state index in [-0.39, 0.29) is 17.2 Å². The number of aromatic hydroxyl groups is 1. The van der Waals surface area contributed by atoms with Crippen molar-refractivity contribution in [1.29, 1.82) is 0 Å². The van der Waals surface area contributed by atoms with Crippen LogP contribution in [-0.2, 0) is 0 Å². The highest BCUT2D eigenvalue weighted by molar-refractivity contribution is 7.22. The summed E-state index contributed by atoms with van der Waals surface area (Å²) in [5, 5.41) is 12.7. The number of benzene rings is 2. The zero-order valence-corrected chi connectivity index (χ0v) is 12.1. The molecule has 0 aliphatic heterocycles. The molecule has 5 nitrogen and oxygen atoms in total. The lowest BCUT2D eigenvalue weighted by Gasteiger charge is -2.05. The second-order valence-corrected chi connectivity index (χ2v) is 5.75. The molecule has 1 amide bonds. The smallest absolute Gasteiger partial charge is 0.259 e. The lowest BCUT2D eigenvalue weighted by atomic mass is 10.1. The molecule has 1 heterocycles. The molecular formula is C15H13N3O2S. The fourth-order valence-electron chi connectivity index (χ4n) is 1.99. The second kappa shape index (κ2) is 5.06. The summed E-state index contributed by atoms with van der Waals surface area (Å²) in [6, 6.07) is 10.2. The Balaban J connectivity index is 1.90. The van der Waals surface area contributed by atoms with Crippen LogP contribution in [0.25, 0.3) is 10.2 Å². The van der Waals surface area contributed by atoms with E-state index < -0.39 is 0 Å². The van der Waals surface area contributed by atoms with E-state index >= 15 is 0 Å². The van der Waals surface area contributed by atoms with E-state index in [1.165, 1.54) is 29.5 Å². The van der Waals surface area contributed by atoms with Crippen molar-refractivity contribution in [2.45, 2.75) is 6.92 Å². The average molecular weight is 299 g/mol. The predicted molar refractivity (Wildman–Crippen MR) is 84.8 cm³/mol. The summed E-state index contributed by atoms with van der Waals surface area (Å²) in [5.74, 6) is -0.395. The highest BCUT2D eigenvalue weighted by Crippen LogP contribution is 2.27. The molecular weight excluding hydrogens is 286 g/mol. The number of hydrogen-bond donors (Lipinski definition) is 3. The number of nitrogens with one attached hydrogen (secondary N) is 1. The first kappa shape index (κ1) is 13.4. The number of nitrogens with zero attached hydrogens (tertiary/aromatic N) is 1. The Hall–Kier alpha value is -2.60. The van der Waals surface area contributed by atoms with E-state index in [2.05, 4.69) is 10.3 Å². The van der Waals surface area contributed by atoms with Gasteiger partial charge in [0, 0.05) is 5.69 Å². The monoisotopic (exact) mass is 299 g/mol. The molecule has 0 saturated carbocycles. The predicted octanol–water partition coefficient (Wildman–Crippen LogP) is 3.14. The molecule has 0 fully saturated rings. The molecule has 0 aliphatic carbocycles. The summed E-state index contributed by atoms with van der Waals surface area (Å²) in [4.78, 5) is 16.5. The van der Waals surface area contributed by atoms with Gasteiger partial charge in [-0.05, 0) is 42.8 Å². The van der Waals surface area contributed by atoms with Gasteiger partial charge in [0.25, 0.3) is 5.91 Å². The van der Waals surface area contributed by atoms with Crippen molar-refractivity contribution in [1.82, 2.24) is 4.98 Å². The van der Waals surface area contributed by atoms with Gasteiger partial charge < -0.3 is 10.8 Å². The van der Waals surface area contributed by atoms with Crippen molar-refractivity contribution in [3.63, 3.8) is 0 Å². The number of anilines is 2. The van der Waals surface area contributed by atoms with Crippen LogP contribution in [0.5, 0.6) is 5.75 Å². The van der Waals surface area contributed by atoms with Gasteiger partial charge in [0.05, 0.1) is 15.8 Å². The van der Waals surface area contributed by atoms with Gasteiger partial charge in [-0.25, -0.2) is 4.98 Å².